The van der Waals surface area contributed by atoms with Crippen molar-refractivity contribution in [3.8, 4) is 0 Å². The van der Waals surface area contributed by atoms with Gasteiger partial charge in [-0.2, -0.15) is 0 Å². The molecule has 2 saturated heterocycles. The number of thiophene rings is 1. The van der Waals surface area contributed by atoms with Gasteiger partial charge in [-0.15, -0.1) is 11.3 Å². The predicted octanol–water partition coefficient (Wildman–Crippen LogP) is 4.62. The van der Waals surface area contributed by atoms with Crippen molar-refractivity contribution in [2.45, 2.75) is 74.6 Å². The van der Waals surface area contributed by atoms with Gasteiger partial charge in [-0.1, -0.05) is 18.9 Å². The Morgan fingerprint density at radius 3 is 2.77 bits per heavy atom. The quantitative estimate of drug-likeness (QED) is 0.728. The van der Waals surface area contributed by atoms with Crippen LogP contribution >= 0.6 is 11.3 Å². The first-order valence-corrected chi connectivity index (χ1v) is 12.2. The van der Waals surface area contributed by atoms with E-state index in [1.807, 2.05) is 12.3 Å². The van der Waals surface area contributed by atoms with Crippen molar-refractivity contribution in [1.82, 2.24) is 4.98 Å². The lowest BCUT2D eigenvalue weighted by Crippen LogP contribution is -2.49. The minimum absolute atomic E-state index is 0.0116. The molecule has 0 bridgehead atoms. The number of hydrogen-bond acceptors (Lipinski definition) is 5. The number of alkyl halides is 1. The van der Waals surface area contributed by atoms with Gasteiger partial charge in [-0.05, 0) is 62.8 Å². The fraction of sp³-hybridized carbons (Fsp3) is 0.625. The highest BCUT2D eigenvalue weighted by Crippen LogP contribution is 2.50. The van der Waals surface area contributed by atoms with Gasteiger partial charge in [0.05, 0.1) is 23.7 Å². The number of rotatable bonds is 6. The minimum atomic E-state index is -0.674. The second kappa shape index (κ2) is 8.21. The van der Waals surface area contributed by atoms with Gasteiger partial charge in [-0.25, -0.2) is 4.39 Å². The van der Waals surface area contributed by atoms with E-state index >= 15 is 0 Å². The summed E-state index contributed by atoms with van der Waals surface area (Å²) in [6.45, 7) is 1.85. The zero-order chi connectivity index (χ0) is 20.6. The molecule has 1 spiro atoms. The topological polar surface area (TPSA) is 51.4 Å². The largest absolute Gasteiger partial charge is 0.375 e. The van der Waals surface area contributed by atoms with Gasteiger partial charge in [0.15, 0.2) is 0 Å². The molecule has 30 heavy (non-hydrogen) atoms. The van der Waals surface area contributed by atoms with E-state index in [4.69, 9.17) is 15.5 Å². The summed E-state index contributed by atoms with van der Waals surface area (Å²) in [4.78, 5) is 8.20. The van der Waals surface area contributed by atoms with Crippen molar-refractivity contribution in [3.63, 3.8) is 0 Å². The summed E-state index contributed by atoms with van der Waals surface area (Å²) < 4.78 is 19.5. The minimum Gasteiger partial charge on any atom is -0.375 e. The Morgan fingerprint density at radius 2 is 2.03 bits per heavy atom. The highest BCUT2D eigenvalue weighted by molar-refractivity contribution is 7.16. The summed E-state index contributed by atoms with van der Waals surface area (Å²) in [7, 11) is 0. The molecule has 2 aliphatic heterocycles. The lowest BCUT2D eigenvalue weighted by Gasteiger charge is -2.47. The van der Waals surface area contributed by atoms with Crippen molar-refractivity contribution >= 4 is 16.3 Å². The first-order valence-electron chi connectivity index (χ1n) is 11.3. The molecule has 0 amide bonds. The van der Waals surface area contributed by atoms with E-state index < -0.39 is 6.17 Å². The molecular weight excluding hydrogens is 397 g/mol. The Balaban J connectivity index is 1.32. The summed E-state index contributed by atoms with van der Waals surface area (Å²) in [6, 6.07) is 10.6. The Labute approximate surface area is 182 Å². The van der Waals surface area contributed by atoms with Crippen LogP contribution in [-0.4, -0.2) is 42.5 Å². The lowest BCUT2D eigenvalue weighted by molar-refractivity contribution is -0.105. The summed E-state index contributed by atoms with van der Waals surface area (Å²) in [5.74, 6) is 0. The molecule has 3 aliphatic rings. The van der Waals surface area contributed by atoms with E-state index in [0.717, 1.165) is 45.1 Å². The fourth-order valence-corrected chi connectivity index (χ4v) is 6.93. The molecule has 2 aromatic heterocycles. The van der Waals surface area contributed by atoms with Crippen LogP contribution in [0.2, 0.25) is 0 Å². The highest BCUT2D eigenvalue weighted by atomic mass is 32.1. The standard InChI is InChI=1S/C24H32FN3OS/c25-18-15-28(16-18)22-7-6-20(30-22)13-19(26)14-23(21-5-1-4-11-27-21)10-12-29-24(17-23)8-2-3-9-24/h1,4-7,11,18-19H,2-3,8-10,12-17,26H2. The van der Waals surface area contributed by atoms with Gasteiger partial charge in [-0.3, -0.25) is 4.98 Å². The third kappa shape index (κ3) is 4.02. The van der Waals surface area contributed by atoms with E-state index in [0.29, 0.717) is 13.1 Å². The Morgan fingerprint density at radius 1 is 1.20 bits per heavy atom. The van der Waals surface area contributed by atoms with Crippen LogP contribution in [0.4, 0.5) is 9.39 Å². The molecule has 5 rings (SSSR count). The molecule has 4 heterocycles. The highest BCUT2D eigenvalue weighted by Gasteiger charge is 2.49. The number of anilines is 1. The number of hydrogen-bond donors (Lipinski definition) is 1. The third-order valence-corrected chi connectivity index (χ3v) is 8.45. The number of pyridine rings is 1. The van der Waals surface area contributed by atoms with Gasteiger partial charge in [0.25, 0.3) is 0 Å². The predicted molar refractivity (Wildman–Crippen MR) is 120 cm³/mol. The van der Waals surface area contributed by atoms with Gasteiger partial charge < -0.3 is 15.4 Å². The van der Waals surface area contributed by atoms with E-state index in [-0.39, 0.29) is 17.1 Å². The molecule has 162 valence electrons. The maximum atomic E-state index is 13.2. The van der Waals surface area contributed by atoms with Crippen LogP contribution in [0.1, 0.15) is 55.5 Å². The number of nitrogens with two attached hydrogens (primary N) is 1. The number of ether oxygens (including phenoxy) is 1. The molecule has 6 heteroatoms. The number of halogens is 1. The normalized spacial score (nSPS) is 27.3. The third-order valence-electron chi connectivity index (χ3n) is 7.28. The van der Waals surface area contributed by atoms with Crippen LogP contribution in [-0.2, 0) is 16.6 Å². The SMILES string of the molecule is NC(Cc1ccc(N2CC(F)C2)s1)CC1(c2ccccn2)CCOC2(CCCC2)C1. The summed E-state index contributed by atoms with van der Waals surface area (Å²) in [5.41, 5.74) is 7.95. The van der Waals surface area contributed by atoms with Crippen molar-refractivity contribution < 1.29 is 9.13 Å². The Kier molecular flexibility index (Phi) is 5.58. The van der Waals surface area contributed by atoms with Crippen molar-refractivity contribution in [3.05, 3.63) is 47.1 Å². The van der Waals surface area contributed by atoms with E-state index in [1.54, 1.807) is 11.3 Å². The molecule has 4 nitrogen and oxygen atoms in total. The van der Waals surface area contributed by atoms with Crippen LogP contribution in [0.5, 0.6) is 0 Å². The van der Waals surface area contributed by atoms with Crippen LogP contribution in [0.15, 0.2) is 36.5 Å². The van der Waals surface area contributed by atoms with Gasteiger partial charge in [0.2, 0.25) is 0 Å². The second-order valence-corrected chi connectivity index (χ2v) is 10.7. The molecule has 0 aromatic carbocycles. The van der Waals surface area contributed by atoms with Gasteiger partial charge in [0.1, 0.15) is 6.17 Å². The first kappa shape index (κ1) is 20.4. The van der Waals surface area contributed by atoms with Crippen molar-refractivity contribution in [2.75, 3.05) is 24.6 Å². The van der Waals surface area contributed by atoms with Crippen molar-refractivity contribution in [2.24, 2.45) is 5.73 Å². The number of aromatic nitrogens is 1. The fourth-order valence-electron chi connectivity index (χ4n) is 5.82. The molecule has 3 fully saturated rings. The monoisotopic (exact) mass is 429 g/mol. The molecule has 0 radical (unpaired) electrons. The Hall–Kier alpha value is -1.50. The average molecular weight is 430 g/mol. The van der Waals surface area contributed by atoms with Gasteiger partial charge >= 0.3 is 0 Å². The summed E-state index contributed by atoms with van der Waals surface area (Å²) in [5, 5.41) is 1.17. The van der Waals surface area contributed by atoms with Crippen LogP contribution in [0.3, 0.4) is 0 Å². The zero-order valence-electron chi connectivity index (χ0n) is 17.6. The zero-order valence-corrected chi connectivity index (χ0v) is 18.4. The molecule has 2 atom stereocenters. The molecular formula is C24H32FN3OS. The summed E-state index contributed by atoms with van der Waals surface area (Å²) >= 11 is 1.76. The van der Waals surface area contributed by atoms with E-state index in [1.165, 1.54) is 28.4 Å². The van der Waals surface area contributed by atoms with Crippen LogP contribution in [0.25, 0.3) is 0 Å². The molecule has 1 aliphatic carbocycles. The van der Waals surface area contributed by atoms with Crippen molar-refractivity contribution in [1.29, 1.82) is 0 Å². The maximum absolute atomic E-state index is 13.2. The van der Waals surface area contributed by atoms with Crippen LogP contribution in [0, 0.1) is 0 Å². The lowest BCUT2D eigenvalue weighted by atomic mass is 9.66. The van der Waals surface area contributed by atoms with E-state index in [9.17, 15) is 4.39 Å². The van der Waals surface area contributed by atoms with E-state index in [2.05, 4.69) is 29.2 Å². The van der Waals surface area contributed by atoms with Gasteiger partial charge in [0, 0.05) is 34.8 Å². The molecule has 1 saturated carbocycles. The average Bonchev–Trinajstić information content (AvgIpc) is 3.36. The smallest absolute Gasteiger partial charge is 0.135 e. The molecule has 2 aromatic rings. The first-order chi connectivity index (χ1) is 14.6. The summed E-state index contributed by atoms with van der Waals surface area (Å²) in [6.07, 6.45) is 9.90. The maximum Gasteiger partial charge on any atom is 0.135 e. The Bertz CT molecular complexity index is 847. The molecule has 2 N–H and O–H groups in total. The van der Waals surface area contributed by atoms with Crippen LogP contribution < -0.4 is 10.6 Å². The molecule has 2 unspecified atom stereocenters. The number of nitrogens with zero attached hydrogens (tertiary/aromatic N) is 2. The second-order valence-electron chi connectivity index (χ2n) is 9.57.